The molecule has 0 fully saturated rings. The topological polar surface area (TPSA) is 0 Å². The van der Waals surface area contributed by atoms with Gasteiger partial charge in [-0.2, -0.15) is 0 Å². The molecule has 4 heteroatoms. The molecule has 0 nitrogen and oxygen atoms in total. The number of hydrogen-bond acceptors (Lipinski definition) is 0. The van der Waals surface area contributed by atoms with Crippen molar-refractivity contribution in [2.75, 3.05) is 0 Å². The van der Waals surface area contributed by atoms with Crippen LogP contribution in [0.3, 0.4) is 0 Å². The van der Waals surface area contributed by atoms with Crippen LogP contribution < -0.4 is 0 Å². The fraction of sp³-hybridized carbons (Fsp3) is 0.692. The molecule has 0 heterocycles. The third-order valence-electron chi connectivity index (χ3n) is 6.96. The zero-order valence-corrected chi connectivity index (χ0v) is 25.8. The molecule has 0 saturated heterocycles. The van der Waals surface area contributed by atoms with Crippen molar-refractivity contribution in [2.45, 2.75) is 100 Å². The third kappa shape index (κ3) is 5.58. The Morgan fingerprint density at radius 2 is 1.17 bits per heavy atom. The van der Waals surface area contributed by atoms with Gasteiger partial charge in [0.15, 0.2) is 0 Å². The van der Waals surface area contributed by atoms with E-state index in [-0.39, 0.29) is 0 Å². The van der Waals surface area contributed by atoms with Crippen LogP contribution >= 0.6 is 17.0 Å². The van der Waals surface area contributed by atoms with Gasteiger partial charge in [-0.25, -0.2) is 0 Å². The van der Waals surface area contributed by atoms with E-state index >= 15 is 0 Å². The quantitative estimate of drug-likeness (QED) is 0.226. The maximum absolute atomic E-state index is 8.07. The van der Waals surface area contributed by atoms with E-state index in [1.807, 2.05) is 0 Å². The standard InChI is InChI=1S/2C12H19.C2H7Si.2ClH.Zr/c2*1-4-5-11-6-7-12(9-11)8-10(2)3;1-3-2;;;/h2*6-7,9-10H,4-5,8H2,1-3H3;3H,1-2H3;2*1H;/q;;;;;+2/p-2. The van der Waals surface area contributed by atoms with Crippen molar-refractivity contribution in [1.29, 1.82) is 0 Å². The number of allylic oxidation sites excluding steroid dienone is 8. The van der Waals surface area contributed by atoms with Gasteiger partial charge in [-0.1, -0.05) is 0 Å². The van der Waals surface area contributed by atoms with E-state index in [4.69, 9.17) is 17.0 Å². The van der Waals surface area contributed by atoms with Crippen LogP contribution in [-0.4, -0.2) is 5.92 Å². The van der Waals surface area contributed by atoms with Crippen LogP contribution in [0.25, 0.3) is 0 Å². The average molecular weight is 548 g/mol. The Balaban J connectivity index is 2.60. The first-order valence-electron chi connectivity index (χ1n) is 12.3. The molecule has 0 saturated carbocycles. The van der Waals surface area contributed by atoms with E-state index in [1.165, 1.54) is 24.0 Å². The Hall–Kier alpha value is 0.640. The van der Waals surface area contributed by atoms with Crippen molar-refractivity contribution in [3.05, 3.63) is 46.6 Å². The van der Waals surface area contributed by atoms with Crippen molar-refractivity contribution in [2.24, 2.45) is 11.8 Å². The second kappa shape index (κ2) is 10.7. The van der Waals surface area contributed by atoms with Gasteiger partial charge in [-0.3, -0.25) is 0 Å². The molecule has 2 atom stereocenters. The Bertz CT molecular complexity index is 684. The maximum atomic E-state index is 8.07. The summed E-state index contributed by atoms with van der Waals surface area (Å²) in [6.45, 7) is 18.7. The Morgan fingerprint density at radius 1 is 0.800 bits per heavy atom. The zero-order valence-electron chi connectivity index (χ0n) is 20.7. The van der Waals surface area contributed by atoms with Gasteiger partial charge in [-0.05, 0) is 0 Å². The van der Waals surface area contributed by atoms with Gasteiger partial charge >= 0.3 is 197 Å². The Morgan fingerprint density at radius 3 is 1.43 bits per heavy atom. The van der Waals surface area contributed by atoms with Crippen molar-refractivity contribution in [3.8, 4) is 0 Å². The number of rotatable bonds is 11. The van der Waals surface area contributed by atoms with Crippen LogP contribution in [0.4, 0.5) is 0 Å². The molecule has 2 unspecified atom stereocenters. The third-order valence-corrected chi connectivity index (χ3v) is 59.2. The fourth-order valence-corrected chi connectivity index (χ4v) is 34.2. The molecule has 0 aromatic heterocycles. The molecule has 0 aromatic rings. The molecule has 2 aliphatic carbocycles. The van der Waals surface area contributed by atoms with Gasteiger partial charge in [0.2, 0.25) is 0 Å². The van der Waals surface area contributed by atoms with Gasteiger partial charge < -0.3 is 0 Å². The predicted molar refractivity (Wildman–Crippen MR) is 139 cm³/mol. The Labute approximate surface area is 196 Å². The normalized spacial score (nSPS) is 23.6. The predicted octanol–water partition coefficient (Wildman–Crippen LogP) is 9.97. The molecule has 0 bridgehead atoms. The summed E-state index contributed by atoms with van der Waals surface area (Å²) in [6.07, 6.45) is 16.9. The molecule has 171 valence electrons. The second-order valence-corrected chi connectivity index (χ2v) is 53.7. The van der Waals surface area contributed by atoms with E-state index in [2.05, 4.69) is 78.9 Å². The second-order valence-electron chi connectivity index (χ2n) is 11.0. The molecule has 0 N–H and O–H groups in total. The zero-order chi connectivity index (χ0) is 22.7. The molecule has 0 amide bonds. The van der Waals surface area contributed by atoms with Crippen LogP contribution in [-0.2, 0) is 15.6 Å². The molecule has 2 rings (SSSR count). The molecule has 2 aliphatic rings. The summed E-state index contributed by atoms with van der Waals surface area (Å²) >= 11 is -4.21. The molecular weight excluding hydrogens is 503 g/mol. The van der Waals surface area contributed by atoms with E-state index in [0.29, 0.717) is 19.1 Å². The summed E-state index contributed by atoms with van der Waals surface area (Å²) in [5.74, 6) is 0.0214. The molecule has 30 heavy (non-hydrogen) atoms. The van der Waals surface area contributed by atoms with Gasteiger partial charge in [0.25, 0.3) is 0 Å². The number of halogens is 2. The molecular formula is C26H45Cl2SiZr. The molecule has 0 aliphatic heterocycles. The summed E-state index contributed by atoms with van der Waals surface area (Å²) < 4.78 is 0.657. The van der Waals surface area contributed by atoms with E-state index in [0.717, 1.165) is 25.7 Å². The van der Waals surface area contributed by atoms with Crippen LogP contribution in [0.1, 0.15) is 80.1 Å². The minimum absolute atomic E-state index is 0.329. The summed E-state index contributed by atoms with van der Waals surface area (Å²) in [5.41, 5.74) is 6.07. The number of hydrogen-bond donors (Lipinski definition) is 0. The van der Waals surface area contributed by atoms with Crippen molar-refractivity contribution in [3.63, 3.8) is 0 Å². The van der Waals surface area contributed by atoms with Crippen molar-refractivity contribution in [1.82, 2.24) is 0 Å². The fourth-order valence-electron chi connectivity index (χ4n) is 5.56. The van der Waals surface area contributed by atoms with E-state index in [9.17, 15) is 0 Å². The van der Waals surface area contributed by atoms with Crippen LogP contribution in [0.15, 0.2) is 46.6 Å². The average Bonchev–Trinajstić information content (AvgIpc) is 3.20. The van der Waals surface area contributed by atoms with Gasteiger partial charge in [-0.15, -0.1) is 0 Å². The van der Waals surface area contributed by atoms with E-state index < -0.39 is 21.5 Å². The first kappa shape index (κ1) is 26.9. The minimum atomic E-state index is -4.21. The van der Waals surface area contributed by atoms with E-state index in [1.54, 1.807) is 11.1 Å². The summed E-state index contributed by atoms with van der Waals surface area (Å²) in [6, 6.07) is 0. The molecule has 0 radical (unpaired) electrons. The summed E-state index contributed by atoms with van der Waals surface area (Å²) in [5, 5.41) is 0. The van der Waals surface area contributed by atoms with Gasteiger partial charge in [0, 0.05) is 0 Å². The van der Waals surface area contributed by atoms with Crippen LogP contribution in [0.2, 0.25) is 20.3 Å². The van der Waals surface area contributed by atoms with Gasteiger partial charge in [0.05, 0.1) is 0 Å². The van der Waals surface area contributed by atoms with Crippen LogP contribution in [0.5, 0.6) is 0 Å². The SMILES string of the molecule is CCCC1=CC(CC(C)C)=C[CH]1[Zr]([Cl])([Cl])([CH]1C=C(CC(C)C)C=C1CCC)[SiH](C)C. The first-order chi connectivity index (χ1) is 13.9. The monoisotopic (exact) mass is 545 g/mol. The Kier molecular flexibility index (Phi) is 9.60. The molecule has 0 aromatic carbocycles. The van der Waals surface area contributed by atoms with Crippen LogP contribution in [0, 0.1) is 11.8 Å². The van der Waals surface area contributed by atoms with Crippen molar-refractivity contribution < 1.29 is 15.6 Å². The summed E-state index contributed by atoms with van der Waals surface area (Å²) in [4.78, 5) is 0. The van der Waals surface area contributed by atoms with Crippen molar-refractivity contribution >= 4 is 22.9 Å². The van der Waals surface area contributed by atoms with Gasteiger partial charge in [0.1, 0.15) is 0 Å². The first-order valence-corrected chi connectivity index (χ1v) is 28.6. The summed E-state index contributed by atoms with van der Waals surface area (Å²) in [7, 11) is 16.1. The molecule has 0 spiro atoms.